The molecule has 1 atom stereocenters. The Hall–Kier alpha value is -2.65. The standard InChI is InChI=1S/C22H27ClFN3O4S/c1-16(22(29)25-2)26(15-17-9-4-5-10-18(17)23)21(28)13-8-14-27(32(3,30)31)20-12-7-6-11-19(20)24/h4-7,9-12,16H,8,13-15H2,1-3H3,(H,25,29)/t16-/m0/s1. The quantitative estimate of drug-likeness (QED) is 0.562. The normalized spacial score (nSPS) is 12.2. The molecule has 1 N–H and O–H groups in total. The number of rotatable bonds is 10. The predicted molar refractivity (Wildman–Crippen MR) is 123 cm³/mol. The van der Waals surface area contributed by atoms with Gasteiger partial charge in [0, 0.05) is 31.6 Å². The molecular weight excluding hydrogens is 457 g/mol. The maximum Gasteiger partial charge on any atom is 0.242 e. The highest BCUT2D eigenvalue weighted by Gasteiger charge is 2.27. The number of nitrogens with zero attached hydrogens (tertiary/aromatic N) is 2. The highest BCUT2D eigenvalue weighted by atomic mass is 35.5. The molecule has 0 unspecified atom stereocenters. The van der Waals surface area contributed by atoms with Crippen LogP contribution < -0.4 is 9.62 Å². The van der Waals surface area contributed by atoms with Gasteiger partial charge in [-0.2, -0.15) is 0 Å². The molecule has 32 heavy (non-hydrogen) atoms. The molecule has 0 aliphatic rings. The molecule has 0 aliphatic carbocycles. The molecule has 0 aliphatic heterocycles. The summed E-state index contributed by atoms with van der Waals surface area (Å²) in [5, 5.41) is 3.00. The highest BCUT2D eigenvalue weighted by molar-refractivity contribution is 7.92. The lowest BCUT2D eigenvalue weighted by atomic mass is 10.1. The molecule has 0 bridgehead atoms. The first-order valence-corrected chi connectivity index (χ1v) is 12.3. The van der Waals surface area contributed by atoms with E-state index in [0.29, 0.717) is 10.6 Å². The molecule has 0 aromatic heterocycles. The van der Waals surface area contributed by atoms with Crippen LogP contribution in [-0.2, 0) is 26.2 Å². The summed E-state index contributed by atoms with van der Waals surface area (Å²) < 4.78 is 39.5. The average Bonchev–Trinajstić information content (AvgIpc) is 2.75. The zero-order valence-electron chi connectivity index (χ0n) is 18.2. The highest BCUT2D eigenvalue weighted by Crippen LogP contribution is 2.23. The van der Waals surface area contributed by atoms with E-state index in [9.17, 15) is 22.4 Å². The summed E-state index contributed by atoms with van der Waals surface area (Å²) in [5.41, 5.74) is 0.608. The molecule has 0 fully saturated rings. The molecule has 0 saturated heterocycles. The lowest BCUT2D eigenvalue weighted by Gasteiger charge is -2.29. The topological polar surface area (TPSA) is 86.8 Å². The molecule has 2 aromatic carbocycles. The van der Waals surface area contributed by atoms with Gasteiger partial charge in [0.1, 0.15) is 11.9 Å². The number of amides is 2. The van der Waals surface area contributed by atoms with Gasteiger partial charge in [0.05, 0.1) is 11.9 Å². The van der Waals surface area contributed by atoms with Gasteiger partial charge in [-0.15, -0.1) is 0 Å². The van der Waals surface area contributed by atoms with Gasteiger partial charge in [-0.25, -0.2) is 12.8 Å². The maximum absolute atomic E-state index is 14.2. The molecular formula is C22H27ClFN3O4S. The van der Waals surface area contributed by atoms with Gasteiger partial charge >= 0.3 is 0 Å². The maximum atomic E-state index is 14.2. The van der Waals surface area contributed by atoms with Crippen LogP contribution in [0.25, 0.3) is 0 Å². The smallest absolute Gasteiger partial charge is 0.242 e. The van der Waals surface area contributed by atoms with Gasteiger partial charge in [0.2, 0.25) is 21.8 Å². The first kappa shape index (κ1) is 25.6. The first-order chi connectivity index (χ1) is 15.1. The van der Waals surface area contributed by atoms with E-state index in [1.54, 1.807) is 31.2 Å². The van der Waals surface area contributed by atoms with Crippen molar-refractivity contribution in [1.29, 1.82) is 0 Å². The second-order valence-electron chi connectivity index (χ2n) is 7.29. The molecule has 0 heterocycles. The number of carbonyl (C=O) groups excluding carboxylic acids is 2. The van der Waals surface area contributed by atoms with E-state index in [1.165, 1.54) is 36.2 Å². The zero-order chi connectivity index (χ0) is 23.9. The minimum Gasteiger partial charge on any atom is -0.357 e. The monoisotopic (exact) mass is 483 g/mol. The van der Waals surface area contributed by atoms with E-state index in [-0.39, 0.29) is 43.4 Å². The molecule has 2 amide bonds. The minimum absolute atomic E-state index is 0.0355. The fraction of sp³-hybridized carbons (Fsp3) is 0.364. The van der Waals surface area contributed by atoms with Crippen molar-refractivity contribution >= 4 is 39.1 Å². The van der Waals surface area contributed by atoms with Crippen molar-refractivity contribution in [3.63, 3.8) is 0 Å². The fourth-order valence-corrected chi connectivity index (χ4v) is 4.40. The number of nitrogens with one attached hydrogen (secondary N) is 1. The van der Waals surface area contributed by atoms with Crippen LogP contribution in [0.4, 0.5) is 10.1 Å². The number of anilines is 1. The third kappa shape index (κ3) is 6.67. The zero-order valence-corrected chi connectivity index (χ0v) is 19.8. The molecule has 0 spiro atoms. The Morgan fingerprint density at radius 1 is 1.12 bits per heavy atom. The second kappa shape index (κ2) is 11.3. The Balaban J connectivity index is 2.17. The summed E-state index contributed by atoms with van der Waals surface area (Å²) in [6.07, 6.45) is 1.09. The molecule has 0 radical (unpaired) electrons. The van der Waals surface area contributed by atoms with Crippen molar-refractivity contribution in [2.75, 3.05) is 24.2 Å². The summed E-state index contributed by atoms with van der Waals surface area (Å²) in [7, 11) is -2.28. The Morgan fingerprint density at radius 2 is 1.75 bits per heavy atom. The van der Waals surface area contributed by atoms with Crippen molar-refractivity contribution in [3.8, 4) is 0 Å². The molecule has 7 nitrogen and oxygen atoms in total. The van der Waals surface area contributed by atoms with Crippen molar-refractivity contribution in [3.05, 3.63) is 64.9 Å². The Labute approximate surface area is 193 Å². The third-order valence-corrected chi connectivity index (χ3v) is 6.53. The molecule has 174 valence electrons. The number of para-hydroxylation sites is 1. The SMILES string of the molecule is CNC(=O)[C@H](C)N(Cc1ccccc1Cl)C(=O)CCCN(c1ccccc1F)S(C)(=O)=O. The van der Waals surface area contributed by atoms with Crippen molar-refractivity contribution < 1.29 is 22.4 Å². The van der Waals surface area contributed by atoms with Crippen LogP contribution in [0.2, 0.25) is 5.02 Å². The summed E-state index contributed by atoms with van der Waals surface area (Å²) in [6, 6.07) is 11.8. The van der Waals surface area contributed by atoms with Gasteiger partial charge < -0.3 is 10.2 Å². The Kier molecular flexibility index (Phi) is 9.03. The van der Waals surface area contributed by atoms with Crippen molar-refractivity contribution in [1.82, 2.24) is 10.2 Å². The van der Waals surface area contributed by atoms with Gasteiger partial charge in [0.25, 0.3) is 0 Å². The van der Waals surface area contributed by atoms with E-state index in [1.807, 2.05) is 0 Å². The molecule has 10 heteroatoms. The predicted octanol–water partition coefficient (Wildman–Crippen LogP) is 3.19. The number of sulfonamides is 1. The van der Waals surface area contributed by atoms with Crippen LogP contribution in [0.1, 0.15) is 25.3 Å². The van der Waals surface area contributed by atoms with Crippen LogP contribution in [-0.4, -0.2) is 51.0 Å². The second-order valence-corrected chi connectivity index (χ2v) is 9.61. The average molecular weight is 484 g/mol. The van der Waals surface area contributed by atoms with Gasteiger partial charge in [-0.1, -0.05) is 41.9 Å². The first-order valence-electron chi connectivity index (χ1n) is 10.0. The van der Waals surface area contributed by atoms with Gasteiger partial charge in [-0.3, -0.25) is 13.9 Å². The third-order valence-electron chi connectivity index (χ3n) is 4.99. The largest absolute Gasteiger partial charge is 0.357 e. The lowest BCUT2D eigenvalue weighted by molar-refractivity contribution is -0.140. The lowest BCUT2D eigenvalue weighted by Crippen LogP contribution is -2.46. The van der Waals surface area contributed by atoms with Gasteiger partial charge in [0.15, 0.2) is 0 Å². The summed E-state index contributed by atoms with van der Waals surface area (Å²) in [6.45, 7) is 1.64. The van der Waals surface area contributed by atoms with Crippen LogP contribution in [0, 0.1) is 5.82 Å². The fourth-order valence-electron chi connectivity index (χ4n) is 3.24. The summed E-state index contributed by atoms with van der Waals surface area (Å²) >= 11 is 6.22. The summed E-state index contributed by atoms with van der Waals surface area (Å²) in [4.78, 5) is 26.6. The van der Waals surface area contributed by atoms with Crippen molar-refractivity contribution in [2.24, 2.45) is 0 Å². The number of likely N-dealkylation sites (N-methyl/N-ethyl adjacent to an activating group) is 1. The number of hydrogen-bond acceptors (Lipinski definition) is 4. The summed E-state index contributed by atoms with van der Waals surface area (Å²) in [5.74, 6) is -1.35. The number of carbonyl (C=O) groups is 2. The Morgan fingerprint density at radius 3 is 2.34 bits per heavy atom. The number of halogens is 2. The molecule has 2 rings (SSSR count). The Bertz CT molecular complexity index is 1060. The molecule has 2 aromatic rings. The van der Waals surface area contributed by atoms with Gasteiger partial charge in [-0.05, 0) is 37.1 Å². The van der Waals surface area contributed by atoms with Crippen LogP contribution in [0.5, 0.6) is 0 Å². The van der Waals surface area contributed by atoms with Crippen LogP contribution >= 0.6 is 11.6 Å². The minimum atomic E-state index is -3.76. The van der Waals surface area contributed by atoms with E-state index < -0.39 is 21.9 Å². The number of hydrogen-bond donors (Lipinski definition) is 1. The molecule has 0 saturated carbocycles. The van der Waals surface area contributed by atoms with E-state index in [4.69, 9.17) is 11.6 Å². The van der Waals surface area contributed by atoms with E-state index in [0.717, 1.165) is 10.6 Å². The van der Waals surface area contributed by atoms with Crippen molar-refractivity contribution in [2.45, 2.75) is 32.4 Å². The van der Waals surface area contributed by atoms with Crippen LogP contribution in [0.15, 0.2) is 48.5 Å². The van der Waals surface area contributed by atoms with Crippen LogP contribution in [0.3, 0.4) is 0 Å². The van der Waals surface area contributed by atoms with E-state index in [2.05, 4.69) is 5.32 Å². The number of benzene rings is 2. The van der Waals surface area contributed by atoms with E-state index >= 15 is 0 Å².